The molecule has 0 N–H and O–H groups in total. The number of fused-ring (bicyclic) bond motifs is 2. The third-order valence-electron chi connectivity index (χ3n) is 4.82. The first-order valence-corrected chi connectivity index (χ1v) is 12.4. The van der Waals surface area contributed by atoms with E-state index in [1.54, 1.807) is 12.1 Å². The summed E-state index contributed by atoms with van der Waals surface area (Å²) in [6.07, 6.45) is 5.45. The van der Waals surface area contributed by atoms with E-state index in [1.807, 2.05) is 18.2 Å². The highest BCUT2D eigenvalue weighted by Gasteiger charge is 2.55. The molecule has 0 saturated heterocycles. The number of allylic oxidation sites excluding steroid dienone is 2. The predicted molar refractivity (Wildman–Crippen MR) is 85.2 cm³/mol. The molecule has 0 aromatic heterocycles. The lowest BCUT2D eigenvalue weighted by Crippen LogP contribution is -2.42. The predicted octanol–water partition coefficient (Wildman–Crippen LogP) is 3.74. The van der Waals surface area contributed by atoms with E-state index < -0.39 is 17.9 Å². The third-order valence-corrected chi connectivity index (χ3v) is 10.1. The van der Waals surface area contributed by atoms with Crippen molar-refractivity contribution in [3.8, 4) is 0 Å². The van der Waals surface area contributed by atoms with E-state index in [2.05, 4.69) is 31.8 Å². The van der Waals surface area contributed by atoms with Crippen molar-refractivity contribution < 1.29 is 8.42 Å². The second kappa shape index (κ2) is 4.57. The van der Waals surface area contributed by atoms with Crippen molar-refractivity contribution in [2.45, 2.75) is 41.7 Å². The van der Waals surface area contributed by atoms with Crippen LogP contribution < -0.4 is 0 Å². The van der Waals surface area contributed by atoms with Gasteiger partial charge in [0.1, 0.15) is 0 Å². The Morgan fingerprint density at radius 2 is 1.60 bits per heavy atom. The minimum atomic E-state index is -3.22. The lowest BCUT2D eigenvalue weighted by Gasteiger charge is -2.36. The van der Waals surface area contributed by atoms with Crippen LogP contribution in [0.25, 0.3) is 0 Å². The molecule has 1 aromatic carbocycles. The largest absolute Gasteiger partial charge is 0.223 e. The van der Waals surface area contributed by atoms with E-state index in [-0.39, 0.29) is 11.2 Å². The third kappa shape index (κ3) is 2.09. The lowest BCUT2D eigenvalue weighted by atomic mass is 10.1. The summed E-state index contributed by atoms with van der Waals surface area (Å²) in [6, 6.07) is 8.99. The Balaban J connectivity index is 2.07. The molecule has 0 heterocycles. The quantitative estimate of drug-likeness (QED) is 0.629. The SMILES string of the molecule is C[Si](C)(C)[C@@H]1[C@H](S(=O)(=O)c2ccccc2)[C@H]2C=C[C@H]1C2. The van der Waals surface area contributed by atoms with Gasteiger partial charge in [-0.15, -0.1) is 0 Å². The van der Waals surface area contributed by atoms with Crippen molar-refractivity contribution in [1.82, 2.24) is 0 Å². The number of hydrogen-bond donors (Lipinski definition) is 0. The maximum Gasteiger partial charge on any atom is 0.181 e. The van der Waals surface area contributed by atoms with Crippen molar-refractivity contribution >= 4 is 17.9 Å². The molecule has 0 spiro atoms. The second-order valence-corrected chi connectivity index (χ2v) is 14.7. The Morgan fingerprint density at radius 1 is 1.00 bits per heavy atom. The Bertz CT molecular complexity index is 628. The first-order valence-electron chi connectivity index (χ1n) is 7.29. The average molecular weight is 307 g/mol. The van der Waals surface area contributed by atoms with Gasteiger partial charge < -0.3 is 0 Å². The summed E-state index contributed by atoms with van der Waals surface area (Å²) in [6.45, 7) is 6.92. The van der Waals surface area contributed by atoms with Crippen LogP contribution in [0.5, 0.6) is 0 Å². The molecule has 1 aromatic rings. The molecule has 0 unspecified atom stereocenters. The highest BCUT2D eigenvalue weighted by molar-refractivity contribution is 7.92. The summed E-state index contributed by atoms with van der Waals surface area (Å²) < 4.78 is 26.1. The zero-order chi connectivity index (χ0) is 14.5. The number of hydrogen-bond acceptors (Lipinski definition) is 2. The maximum atomic E-state index is 13.1. The minimum Gasteiger partial charge on any atom is -0.223 e. The first-order chi connectivity index (χ1) is 9.32. The van der Waals surface area contributed by atoms with E-state index in [0.29, 0.717) is 16.4 Å². The van der Waals surface area contributed by atoms with Gasteiger partial charge in [0.05, 0.1) is 10.1 Å². The molecular formula is C16H22O2SSi. The molecule has 2 aliphatic carbocycles. The molecule has 4 heteroatoms. The van der Waals surface area contributed by atoms with E-state index in [0.717, 1.165) is 6.42 Å². The summed E-state index contributed by atoms with van der Waals surface area (Å²) >= 11 is 0. The topological polar surface area (TPSA) is 34.1 Å². The molecule has 2 nitrogen and oxygen atoms in total. The van der Waals surface area contributed by atoms with Gasteiger partial charge in [-0.1, -0.05) is 50.0 Å². The van der Waals surface area contributed by atoms with E-state index in [9.17, 15) is 8.42 Å². The minimum absolute atomic E-state index is 0.202. The van der Waals surface area contributed by atoms with Gasteiger partial charge in [0.2, 0.25) is 0 Å². The highest BCUT2D eigenvalue weighted by Crippen LogP contribution is 2.55. The Labute approximate surface area is 122 Å². The number of sulfone groups is 1. The van der Waals surface area contributed by atoms with E-state index in [4.69, 9.17) is 0 Å². The Morgan fingerprint density at radius 3 is 2.20 bits per heavy atom. The standard InChI is InChI=1S/C16H22O2SSi/c1-20(2,3)16-13-10-9-12(11-13)15(16)19(17,18)14-7-5-4-6-8-14/h4-10,12-13,15-16H,11H2,1-3H3/t12-,13-,15+,16-/m0/s1. The summed E-state index contributed by atoms with van der Waals surface area (Å²) in [7, 11) is -4.73. The van der Waals surface area contributed by atoms with Crippen LogP contribution in [-0.2, 0) is 9.84 Å². The fourth-order valence-corrected chi connectivity index (χ4v) is 10.7. The second-order valence-electron chi connectivity index (χ2n) is 7.16. The summed E-state index contributed by atoms with van der Waals surface area (Å²) in [4.78, 5) is 0.495. The molecular weight excluding hydrogens is 284 g/mol. The van der Waals surface area contributed by atoms with Crippen molar-refractivity contribution in [3.63, 3.8) is 0 Å². The van der Waals surface area contributed by atoms with Gasteiger partial charge in [-0.25, -0.2) is 8.42 Å². The van der Waals surface area contributed by atoms with Crippen LogP contribution >= 0.6 is 0 Å². The van der Waals surface area contributed by atoms with Crippen LogP contribution in [0.3, 0.4) is 0 Å². The van der Waals surface area contributed by atoms with Crippen molar-refractivity contribution in [3.05, 3.63) is 42.5 Å². The average Bonchev–Trinajstić information content (AvgIpc) is 2.99. The van der Waals surface area contributed by atoms with E-state index in [1.165, 1.54) is 0 Å². The van der Waals surface area contributed by atoms with Crippen LogP contribution in [0.4, 0.5) is 0 Å². The smallest absolute Gasteiger partial charge is 0.181 e. The van der Waals surface area contributed by atoms with Crippen LogP contribution in [0.2, 0.25) is 25.2 Å². The monoisotopic (exact) mass is 306 g/mol. The molecule has 2 bridgehead atoms. The molecule has 108 valence electrons. The molecule has 3 rings (SSSR count). The summed E-state index contributed by atoms with van der Waals surface area (Å²) in [5.41, 5.74) is 0.350. The van der Waals surface area contributed by atoms with Crippen molar-refractivity contribution in [1.29, 1.82) is 0 Å². The molecule has 2 aliphatic rings. The lowest BCUT2D eigenvalue weighted by molar-refractivity contribution is 0.558. The fraction of sp³-hybridized carbons (Fsp3) is 0.500. The van der Waals surface area contributed by atoms with Crippen molar-refractivity contribution in [2.24, 2.45) is 11.8 Å². The van der Waals surface area contributed by atoms with Gasteiger partial charge in [0.15, 0.2) is 9.84 Å². The van der Waals surface area contributed by atoms with Crippen LogP contribution in [0.1, 0.15) is 6.42 Å². The van der Waals surface area contributed by atoms with Crippen LogP contribution in [0, 0.1) is 11.8 Å². The van der Waals surface area contributed by atoms with Gasteiger partial charge in [-0.2, -0.15) is 0 Å². The Kier molecular flexibility index (Phi) is 3.21. The van der Waals surface area contributed by atoms with Gasteiger partial charge in [0, 0.05) is 8.07 Å². The summed E-state index contributed by atoms with van der Waals surface area (Å²) in [5.74, 6) is 0.706. The van der Waals surface area contributed by atoms with Gasteiger partial charge in [0.25, 0.3) is 0 Å². The summed E-state index contributed by atoms with van der Waals surface area (Å²) in [5, 5.41) is -0.202. The molecule has 0 radical (unpaired) electrons. The van der Waals surface area contributed by atoms with Gasteiger partial charge in [-0.3, -0.25) is 0 Å². The van der Waals surface area contributed by atoms with Gasteiger partial charge in [-0.05, 0) is 35.9 Å². The molecule has 1 saturated carbocycles. The molecule has 0 aliphatic heterocycles. The van der Waals surface area contributed by atoms with Crippen LogP contribution in [-0.4, -0.2) is 21.7 Å². The number of benzene rings is 1. The number of rotatable bonds is 3. The van der Waals surface area contributed by atoms with E-state index >= 15 is 0 Å². The maximum absolute atomic E-state index is 13.1. The van der Waals surface area contributed by atoms with Gasteiger partial charge >= 0.3 is 0 Å². The Hall–Kier alpha value is -0.873. The first kappa shape index (κ1) is 14.1. The molecule has 0 amide bonds. The van der Waals surface area contributed by atoms with Crippen molar-refractivity contribution in [2.75, 3.05) is 0 Å². The molecule has 4 atom stereocenters. The molecule has 20 heavy (non-hydrogen) atoms. The fourth-order valence-electron chi connectivity index (χ4n) is 4.10. The highest BCUT2D eigenvalue weighted by atomic mass is 32.2. The zero-order valence-corrected chi connectivity index (χ0v) is 14.1. The zero-order valence-electron chi connectivity index (χ0n) is 12.3. The normalized spacial score (nSPS) is 32.8. The molecule has 1 fully saturated rings. The van der Waals surface area contributed by atoms with Crippen LogP contribution in [0.15, 0.2) is 47.4 Å².